The largest absolute Gasteiger partial charge is 0.317 e. The van der Waals surface area contributed by atoms with Gasteiger partial charge in [0.15, 0.2) is 0 Å². The third kappa shape index (κ3) is 4.21. The molecule has 0 aliphatic carbocycles. The third-order valence-corrected chi connectivity index (χ3v) is 6.41. The third-order valence-electron chi connectivity index (χ3n) is 4.36. The average Bonchev–Trinajstić information content (AvgIpc) is 2.65. The number of hydrazone groups is 1. The summed E-state index contributed by atoms with van der Waals surface area (Å²) in [6, 6.07) is 6.98. The van der Waals surface area contributed by atoms with Crippen molar-refractivity contribution in [3.63, 3.8) is 0 Å². The molecule has 1 fully saturated rings. The summed E-state index contributed by atoms with van der Waals surface area (Å²) < 4.78 is 30.5. The Hall–Kier alpha value is -1.46. The van der Waals surface area contributed by atoms with E-state index in [0.717, 1.165) is 31.3 Å². The summed E-state index contributed by atoms with van der Waals surface area (Å²) in [5.74, 6) is 0.313. The molecule has 25 heavy (non-hydrogen) atoms. The van der Waals surface area contributed by atoms with Gasteiger partial charge in [0.2, 0.25) is 0 Å². The van der Waals surface area contributed by atoms with Crippen molar-refractivity contribution in [2.75, 3.05) is 19.6 Å². The Labute approximate surface area is 161 Å². The average molecular weight is 473 g/mol. The maximum absolute atomic E-state index is 13.3. The molecule has 0 spiro atoms. The van der Waals surface area contributed by atoms with Gasteiger partial charge in [0.05, 0.1) is 27.8 Å². The van der Waals surface area contributed by atoms with Crippen LogP contribution in [0.3, 0.4) is 0 Å². The van der Waals surface area contributed by atoms with Crippen molar-refractivity contribution in [1.29, 1.82) is 0 Å². The zero-order valence-electron chi connectivity index (χ0n) is 13.6. The fourth-order valence-corrected chi connectivity index (χ4v) is 4.73. The first kappa shape index (κ1) is 18.3. The van der Waals surface area contributed by atoms with Gasteiger partial charge in [-0.2, -0.15) is 5.10 Å². The van der Waals surface area contributed by atoms with Crippen molar-refractivity contribution in [3.8, 4) is 0 Å². The van der Waals surface area contributed by atoms with E-state index in [1.54, 1.807) is 30.6 Å². The second kappa shape index (κ2) is 8.28. The van der Waals surface area contributed by atoms with Crippen LogP contribution in [0.4, 0.5) is 0 Å². The molecule has 1 aliphatic rings. The van der Waals surface area contributed by atoms with Crippen LogP contribution in [0.5, 0.6) is 0 Å². The molecule has 7 nitrogen and oxygen atoms in total. The zero-order chi connectivity index (χ0) is 17.7. The second-order valence-corrected chi connectivity index (χ2v) is 8.29. The number of piperidine rings is 1. The lowest BCUT2D eigenvalue weighted by Gasteiger charge is -2.28. The molecule has 0 unspecified atom stereocenters. The first-order valence-corrected chi connectivity index (χ1v) is 10.6. The van der Waals surface area contributed by atoms with Crippen LogP contribution in [0.1, 0.15) is 12.8 Å². The minimum Gasteiger partial charge on any atom is -0.317 e. The molecule has 1 aromatic carbocycles. The molecule has 1 saturated heterocycles. The van der Waals surface area contributed by atoms with Gasteiger partial charge >= 0.3 is 0 Å². The fourth-order valence-electron chi connectivity index (χ4n) is 3.06. The van der Waals surface area contributed by atoms with Gasteiger partial charge in [0.25, 0.3) is 10.0 Å². The molecular formula is C16H20IN5O2S. The van der Waals surface area contributed by atoms with Crippen molar-refractivity contribution >= 4 is 50.0 Å². The predicted molar refractivity (Wildman–Crippen MR) is 107 cm³/mol. The standard InChI is InChI=1S/C16H20IN5O2S/c17-21-20-12-22(11-13-4-7-18-8-5-13)25(23,24)16-3-1-2-14-10-19-9-6-15(14)16/h1-3,6,9-10,12-13,18,21H,4-5,7-8,11H2. The molecule has 0 atom stereocenters. The van der Waals surface area contributed by atoms with Crippen molar-refractivity contribution in [2.45, 2.75) is 17.7 Å². The molecule has 0 saturated carbocycles. The lowest BCUT2D eigenvalue weighted by Crippen LogP contribution is -2.39. The molecule has 1 aliphatic heterocycles. The number of aromatic nitrogens is 1. The van der Waals surface area contributed by atoms with Crippen LogP contribution in [-0.2, 0) is 10.0 Å². The van der Waals surface area contributed by atoms with Crippen molar-refractivity contribution in [3.05, 3.63) is 36.7 Å². The highest BCUT2D eigenvalue weighted by molar-refractivity contribution is 14.1. The van der Waals surface area contributed by atoms with E-state index >= 15 is 0 Å². The van der Waals surface area contributed by atoms with E-state index in [-0.39, 0.29) is 4.90 Å². The Bertz CT molecular complexity index is 847. The van der Waals surface area contributed by atoms with Gasteiger partial charge in [-0.15, -0.1) is 0 Å². The van der Waals surface area contributed by atoms with Crippen molar-refractivity contribution in [2.24, 2.45) is 11.0 Å². The quantitative estimate of drug-likeness (QED) is 0.221. The molecule has 1 aromatic heterocycles. The SMILES string of the molecule is O=S(=O)(c1cccc2cnccc12)N(C=NNI)CC1CCNCC1. The maximum atomic E-state index is 13.3. The molecule has 0 bridgehead atoms. The topological polar surface area (TPSA) is 86.7 Å². The Balaban J connectivity index is 1.98. The number of sulfonamides is 1. The van der Waals surface area contributed by atoms with Gasteiger partial charge < -0.3 is 5.32 Å². The lowest BCUT2D eigenvalue weighted by molar-refractivity contribution is 0.336. The summed E-state index contributed by atoms with van der Waals surface area (Å²) in [5.41, 5.74) is 0. The molecule has 2 aromatic rings. The number of hydrogen-bond donors (Lipinski definition) is 2. The van der Waals surface area contributed by atoms with E-state index in [9.17, 15) is 8.42 Å². The molecule has 0 radical (unpaired) electrons. The molecular weight excluding hydrogens is 453 g/mol. The van der Waals surface area contributed by atoms with E-state index in [0.29, 0.717) is 17.8 Å². The summed E-state index contributed by atoms with van der Waals surface area (Å²) in [6.45, 7) is 2.26. The molecule has 3 rings (SSSR count). The van der Waals surface area contributed by atoms with Gasteiger partial charge in [0, 0.05) is 29.7 Å². The smallest absolute Gasteiger partial charge is 0.265 e. The monoisotopic (exact) mass is 473 g/mol. The van der Waals surface area contributed by atoms with Crippen LogP contribution >= 0.6 is 22.9 Å². The lowest BCUT2D eigenvalue weighted by atomic mass is 9.98. The Morgan fingerprint density at radius 2 is 2.16 bits per heavy atom. The van der Waals surface area contributed by atoms with Gasteiger partial charge in [-0.1, -0.05) is 12.1 Å². The molecule has 0 amide bonds. The maximum Gasteiger partial charge on any atom is 0.265 e. The highest BCUT2D eigenvalue weighted by Crippen LogP contribution is 2.26. The summed E-state index contributed by atoms with van der Waals surface area (Å²) in [6.07, 6.45) is 6.56. The summed E-state index contributed by atoms with van der Waals surface area (Å²) >= 11 is 1.86. The Morgan fingerprint density at radius 3 is 2.92 bits per heavy atom. The highest BCUT2D eigenvalue weighted by atomic mass is 127. The Morgan fingerprint density at radius 1 is 1.36 bits per heavy atom. The van der Waals surface area contributed by atoms with E-state index in [2.05, 4.69) is 19.0 Å². The van der Waals surface area contributed by atoms with E-state index in [1.807, 2.05) is 28.9 Å². The number of rotatable bonds is 6. The fraction of sp³-hybridized carbons (Fsp3) is 0.375. The van der Waals surface area contributed by atoms with Gasteiger partial charge in [0.1, 0.15) is 6.34 Å². The molecule has 2 N–H and O–H groups in total. The zero-order valence-corrected chi connectivity index (χ0v) is 16.6. The number of nitrogens with zero attached hydrogens (tertiary/aromatic N) is 3. The van der Waals surface area contributed by atoms with Crippen LogP contribution in [0, 0.1) is 5.92 Å². The van der Waals surface area contributed by atoms with Gasteiger partial charge in [-0.25, -0.2) is 12.1 Å². The number of pyridine rings is 1. The first-order chi connectivity index (χ1) is 12.1. The van der Waals surface area contributed by atoms with Crippen molar-refractivity contribution < 1.29 is 8.42 Å². The van der Waals surface area contributed by atoms with E-state index in [1.165, 1.54) is 10.6 Å². The van der Waals surface area contributed by atoms with E-state index < -0.39 is 10.0 Å². The van der Waals surface area contributed by atoms with Crippen LogP contribution < -0.4 is 8.96 Å². The van der Waals surface area contributed by atoms with E-state index in [4.69, 9.17) is 0 Å². The predicted octanol–water partition coefficient (Wildman–Crippen LogP) is 2.11. The second-order valence-electron chi connectivity index (χ2n) is 5.95. The summed E-state index contributed by atoms with van der Waals surface area (Å²) in [7, 11) is -3.71. The normalized spacial score (nSPS) is 16.4. The van der Waals surface area contributed by atoms with Crippen LogP contribution in [-0.4, -0.2) is 43.7 Å². The van der Waals surface area contributed by atoms with Crippen molar-refractivity contribution in [1.82, 2.24) is 18.2 Å². The van der Waals surface area contributed by atoms with Crippen LogP contribution in [0.2, 0.25) is 0 Å². The van der Waals surface area contributed by atoms with Crippen LogP contribution in [0.25, 0.3) is 10.8 Å². The number of benzene rings is 1. The highest BCUT2D eigenvalue weighted by Gasteiger charge is 2.27. The molecule has 9 heteroatoms. The molecule has 2 heterocycles. The van der Waals surface area contributed by atoms with Gasteiger partial charge in [-0.3, -0.25) is 9.29 Å². The number of nitrogens with one attached hydrogen (secondary N) is 2. The number of hydrogen-bond acceptors (Lipinski definition) is 6. The summed E-state index contributed by atoms with van der Waals surface area (Å²) in [4.78, 5) is 4.35. The Kier molecular flexibility index (Phi) is 6.07. The summed E-state index contributed by atoms with van der Waals surface area (Å²) in [5, 5.41) is 8.71. The van der Waals surface area contributed by atoms with Crippen LogP contribution in [0.15, 0.2) is 46.7 Å². The van der Waals surface area contributed by atoms with Gasteiger partial charge in [-0.05, 0) is 44.0 Å². The molecule has 134 valence electrons. The number of fused-ring (bicyclic) bond motifs is 1. The number of halogens is 1. The minimum atomic E-state index is -3.71. The first-order valence-electron chi connectivity index (χ1n) is 8.07. The minimum absolute atomic E-state index is 0.279.